The summed E-state index contributed by atoms with van der Waals surface area (Å²) in [5, 5.41) is 17.4. The van der Waals surface area contributed by atoms with Gasteiger partial charge in [-0.3, -0.25) is 4.79 Å². The van der Waals surface area contributed by atoms with Crippen LogP contribution in [0.25, 0.3) is 0 Å². The van der Waals surface area contributed by atoms with E-state index in [1.165, 1.54) is 34.6 Å². The van der Waals surface area contributed by atoms with Crippen molar-refractivity contribution in [3.63, 3.8) is 0 Å². The fourth-order valence-electron chi connectivity index (χ4n) is 4.12. The summed E-state index contributed by atoms with van der Waals surface area (Å²) >= 11 is 0. The molecule has 0 saturated heterocycles. The number of allylic oxidation sites excluding steroid dienone is 6. The predicted molar refractivity (Wildman–Crippen MR) is 117 cm³/mol. The normalized spacial score (nSPS) is 25.0. The lowest BCUT2D eigenvalue weighted by Crippen LogP contribution is -2.54. The Bertz CT molecular complexity index is 1000. The molecule has 3 N–H and O–H groups in total. The second-order valence-electron chi connectivity index (χ2n) is 8.42. The number of carbonyl (C=O) groups excluding carboxylic acids is 1. The molecule has 164 valence electrons. The number of benzene rings is 1. The summed E-state index contributed by atoms with van der Waals surface area (Å²) in [5.41, 5.74) is 3.90. The van der Waals surface area contributed by atoms with Gasteiger partial charge in [-0.05, 0) is 67.7 Å². The van der Waals surface area contributed by atoms with Gasteiger partial charge in [0.05, 0.1) is 23.3 Å². The number of alkyl halides is 1. The number of anilines is 1. The number of amides is 1. The Hall–Kier alpha value is -3.09. The standard InChI is InChI=1S/C24H27F2N3O2/c1-29(2)24(31)18-7-4-8-20(23(18)30)28-22-19(14-5-3-6-14)13-21(22)27-17-10-9-15(25)11-16(26)12-17/h4,7-12,15,21-22,27-28,30H,3,5-6,13H2,1-2H3. The molecule has 0 aromatic heterocycles. The third-order valence-corrected chi connectivity index (χ3v) is 6.04. The van der Waals surface area contributed by atoms with E-state index in [9.17, 15) is 18.7 Å². The Morgan fingerprint density at radius 3 is 2.68 bits per heavy atom. The number of halogens is 2. The van der Waals surface area contributed by atoms with E-state index in [4.69, 9.17) is 0 Å². The average Bonchev–Trinajstić information content (AvgIpc) is 2.83. The maximum atomic E-state index is 13.8. The van der Waals surface area contributed by atoms with Crippen LogP contribution >= 0.6 is 0 Å². The number of nitrogens with one attached hydrogen (secondary N) is 2. The third kappa shape index (κ3) is 4.36. The minimum absolute atomic E-state index is 0.0597. The summed E-state index contributed by atoms with van der Waals surface area (Å²) in [6.07, 6.45) is 7.71. The number of rotatable bonds is 5. The molecule has 5 nitrogen and oxygen atoms in total. The summed E-state index contributed by atoms with van der Waals surface area (Å²) in [4.78, 5) is 13.8. The molecular weight excluding hydrogens is 400 g/mol. The summed E-state index contributed by atoms with van der Waals surface area (Å²) in [5.74, 6) is -0.986. The van der Waals surface area contributed by atoms with Gasteiger partial charge in [-0.25, -0.2) is 8.78 Å². The van der Waals surface area contributed by atoms with Crippen LogP contribution in [0.15, 0.2) is 65.2 Å². The SMILES string of the molecule is CN(C)C(=O)c1cccc(NC2C(=C3CCC3)CC2NC2=CC(F)=CC(F)C=C2)c1O. The fraction of sp³-hybridized carbons (Fsp3) is 0.375. The van der Waals surface area contributed by atoms with Gasteiger partial charge in [-0.2, -0.15) is 0 Å². The largest absolute Gasteiger partial charge is 0.505 e. The summed E-state index contributed by atoms with van der Waals surface area (Å²) in [6.45, 7) is 0. The molecule has 3 unspecified atom stereocenters. The molecule has 0 aliphatic heterocycles. The van der Waals surface area contributed by atoms with Gasteiger partial charge < -0.3 is 20.6 Å². The van der Waals surface area contributed by atoms with Crippen LogP contribution in [-0.4, -0.2) is 48.3 Å². The second-order valence-corrected chi connectivity index (χ2v) is 8.42. The van der Waals surface area contributed by atoms with Gasteiger partial charge in [-0.1, -0.05) is 11.6 Å². The number of phenols is 1. The van der Waals surface area contributed by atoms with Gasteiger partial charge in [0.1, 0.15) is 12.0 Å². The van der Waals surface area contributed by atoms with Crippen molar-refractivity contribution in [1.82, 2.24) is 10.2 Å². The van der Waals surface area contributed by atoms with Crippen molar-refractivity contribution < 1.29 is 18.7 Å². The second kappa shape index (κ2) is 8.57. The van der Waals surface area contributed by atoms with Crippen LogP contribution < -0.4 is 10.6 Å². The fourth-order valence-corrected chi connectivity index (χ4v) is 4.12. The topological polar surface area (TPSA) is 64.6 Å². The Labute approximate surface area is 180 Å². The Morgan fingerprint density at radius 2 is 2.00 bits per heavy atom. The van der Waals surface area contributed by atoms with Gasteiger partial charge in [0.2, 0.25) is 0 Å². The molecule has 3 aliphatic carbocycles. The highest BCUT2D eigenvalue weighted by Gasteiger charge is 2.39. The highest BCUT2D eigenvalue weighted by atomic mass is 19.1. The first-order chi connectivity index (χ1) is 14.8. The maximum absolute atomic E-state index is 13.8. The Kier molecular flexibility index (Phi) is 5.85. The molecule has 31 heavy (non-hydrogen) atoms. The first-order valence-corrected chi connectivity index (χ1v) is 10.5. The molecular formula is C24H27F2N3O2. The van der Waals surface area contributed by atoms with E-state index in [1.54, 1.807) is 38.4 Å². The zero-order valence-corrected chi connectivity index (χ0v) is 17.7. The van der Waals surface area contributed by atoms with E-state index in [1.807, 2.05) is 0 Å². The highest BCUT2D eigenvalue weighted by molar-refractivity contribution is 5.98. The van der Waals surface area contributed by atoms with Crippen molar-refractivity contribution in [3.05, 3.63) is 70.7 Å². The lowest BCUT2D eigenvalue weighted by molar-refractivity contribution is 0.0824. The first kappa shape index (κ1) is 21.2. The van der Waals surface area contributed by atoms with Crippen molar-refractivity contribution in [3.8, 4) is 5.75 Å². The highest BCUT2D eigenvalue weighted by Crippen LogP contribution is 2.42. The van der Waals surface area contributed by atoms with Crippen LogP contribution in [0.4, 0.5) is 14.5 Å². The average molecular weight is 427 g/mol. The van der Waals surface area contributed by atoms with Crippen LogP contribution in [0.2, 0.25) is 0 Å². The van der Waals surface area contributed by atoms with Crippen molar-refractivity contribution >= 4 is 11.6 Å². The molecule has 0 radical (unpaired) electrons. The lowest BCUT2D eigenvalue weighted by Gasteiger charge is -2.45. The molecule has 7 heteroatoms. The number of phenolic OH excluding ortho intramolecular Hbond substituents is 1. The van der Waals surface area contributed by atoms with Crippen molar-refractivity contribution in [2.75, 3.05) is 19.4 Å². The van der Waals surface area contributed by atoms with Gasteiger partial charge in [0.25, 0.3) is 5.91 Å². The number of hydrogen-bond acceptors (Lipinski definition) is 4. The monoisotopic (exact) mass is 427 g/mol. The zero-order chi connectivity index (χ0) is 22.1. The first-order valence-electron chi connectivity index (χ1n) is 10.5. The van der Waals surface area contributed by atoms with E-state index < -0.39 is 12.0 Å². The Morgan fingerprint density at radius 1 is 1.23 bits per heavy atom. The summed E-state index contributed by atoms with van der Waals surface area (Å²) in [6, 6.07) is 4.89. The van der Waals surface area contributed by atoms with E-state index in [0.29, 0.717) is 11.4 Å². The van der Waals surface area contributed by atoms with E-state index >= 15 is 0 Å². The zero-order valence-electron chi connectivity index (χ0n) is 17.7. The lowest BCUT2D eigenvalue weighted by atomic mass is 9.72. The van der Waals surface area contributed by atoms with Crippen LogP contribution in [0.1, 0.15) is 36.0 Å². The molecule has 2 fully saturated rings. The molecule has 1 amide bonds. The van der Waals surface area contributed by atoms with Crippen molar-refractivity contribution in [2.24, 2.45) is 0 Å². The van der Waals surface area contributed by atoms with Gasteiger partial charge in [0, 0.05) is 19.8 Å². The maximum Gasteiger partial charge on any atom is 0.257 e. The van der Waals surface area contributed by atoms with Crippen LogP contribution in [0.5, 0.6) is 5.75 Å². The minimum atomic E-state index is -1.45. The number of aromatic hydroxyl groups is 1. The molecule has 3 aliphatic rings. The summed E-state index contributed by atoms with van der Waals surface area (Å²) < 4.78 is 27.4. The third-order valence-electron chi connectivity index (χ3n) is 6.04. The minimum Gasteiger partial charge on any atom is -0.505 e. The Balaban J connectivity index is 1.57. The predicted octanol–water partition coefficient (Wildman–Crippen LogP) is 4.36. The molecule has 1 aromatic rings. The van der Waals surface area contributed by atoms with Gasteiger partial charge in [0.15, 0.2) is 5.75 Å². The van der Waals surface area contributed by atoms with Gasteiger partial charge in [-0.15, -0.1) is 0 Å². The molecule has 2 saturated carbocycles. The van der Waals surface area contributed by atoms with E-state index in [2.05, 4.69) is 10.6 Å². The number of carbonyl (C=O) groups is 1. The van der Waals surface area contributed by atoms with Gasteiger partial charge >= 0.3 is 0 Å². The molecule has 4 rings (SSSR count). The van der Waals surface area contributed by atoms with E-state index in [-0.39, 0.29) is 29.3 Å². The molecule has 0 spiro atoms. The molecule has 3 atom stereocenters. The van der Waals surface area contributed by atoms with Crippen molar-refractivity contribution in [2.45, 2.75) is 43.9 Å². The quantitative estimate of drug-likeness (QED) is 0.483. The number of nitrogens with zero attached hydrogens (tertiary/aromatic N) is 1. The molecule has 1 aromatic carbocycles. The van der Waals surface area contributed by atoms with E-state index in [0.717, 1.165) is 25.3 Å². The smallest absolute Gasteiger partial charge is 0.257 e. The molecule has 0 bridgehead atoms. The number of hydrogen-bond donors (Lipinski definition) is 3. The van der Waals surface area contributed by atoms with Crippen molar-refractivity contribution in [1.29, 1.82) is 0 Å². The molecule has 0 heterocycles. The summed E-state index contributed by atoms with van der Waals surface area (Å²) in [7, 11) is 3.27. The van der Waals surface area contributed by atoms with Crippen LogP contribution in [0.3, 0.4) is 0 Å². The van der Waals surface area contributed by atoms with Crippen LogP contribution in [-0.2, 0) is 0 Å². The number of para-hydroxylation sites is 1. The van der Waals surface area contributed by atoms with Crippen LogP contribution in [0, 0.1) is 0 Å².